The third-order valence-corrected chi connectivity index (χ3v) is 4.95. The molecular formula is C17H19N5O2S. The van der Waals surface area contributed by atoms with Gasteiger partial charge in [-0.15, -0.1) is 20.4 Å². The molecular weight excluding hydrogens is 338 g/mol. The van der Waals surface area contributed by atoms with Crippen molar-refractivity contribution in [1.82, 2.24) is 25.0 Å². The number of hydrogen-bond acceptors (Lipinski definition) is 7. The van der Waals surface area contributed by atoms with Crippen molar-refractivity contribution in [2.24, 2.45) is 0 Å². The predicted molar refractivity (Wildman–Crippen MR) is 93.2 cm³/mol. The lowest BCUT2D eigenvalue weighted by atomic mass is 10.2. The van der Waals surface area contributed by atoms with Crippen LogP contribution in [0.25, 0.3) is 11.4 Å². The van der Waals surface area contributed by atoms with E-state index in [1.807, 2.05) is 30.3 Å². The van der Waals surface area contributed by atoms with Crippen molar-refractivity contribution in [3.05, 3.63) is 42.1 Å². The Hall–Kier alpha value is -2.19. The molecule has 1 saturated carbocycles. The van der Waals surface area contributed by atoms with Crippen LogP contribution in [0.5, 0.6) is 0 Å². The SMILES string of the molecule is COCCn1c(SCc2nnc(C3CC3)o2)nnc1-c1ccccc1. The normalized spacial score (nSPS) is 14.1. The summed E-state index contributed by atoms with van der Waals surface area (Å²) in [6.07, 6.45) is 2.31. The fourth-order valence-corrected chi connectivity index (χ4v) is 3.33. The van der Waals surface area contributed by atoms with E-state index in [1.165, 1.54) is 0 Å². The first-order valence-electron chi connectivity index (χ1n) is 8.28. The average Bonchev–Trinajstić information content (AvgIpc) is 3.26. The molecule has 0 radical (unpaired) electrons. The molecule has 2 heterocycles. The van der Waals surface area contributed by atoms with Crippen LogP contribution >= 0.6 is 11.8 Å². The second-order valence-electron chi connectivity index (χ2n) is 5.91. The van der Waals surface area contributed by atoms with Gasteiger partial charge in [-0.2, -0.15) is 0 Å². The Balaban J connectivity index is 1.52. The van der Waals surface area contributed by atoms with E-state index in [9.17, 15) is 0 Å². The lowest BCUT2D eigenvalue weighted by Gasteiger charge is -2.09. The topological polar surface area (TPSA) is 78.9 Å². The fraction of sp³-hybridized carbons (Fsp3) is 0.412. The first-order chi connectivity index (χ1) is 12.3. The highest BCUT2D eigenvalue weighted by Crippen LogP contribution is 2.39. The minimum absolute atomic E-state index is 0.473. The van der Waals surface area contributed by atoms with Crippen molar-refractivity contribution in [2.45, 2.75) is 36.2 Å². The zero-order chi connectivity index (χ0) is 17.1. The molecule has 2 aromatic heterocycles. The molecule has 0 N–H and O–H groups in total. The molecule has 8 heteroatoms. The number of hydrogen-bond donors (Lipinski definition) is 0. The van der Waals surface area contributed by atoms with Crippen molar-refractivity contribution in [1.29, 1.82) is 0 Å². The molecule has 1 aliphatic rings. The summed E-state index contributed by atoms with van der Waals surface area (Å²) in [7, 11) is 1.69. The van der Waals surface area contributed by atoms with Gasteiger partial charge in [-0.25, -0.2) is 0 Å². The smallest absolute Gasteiger partial charge is 0.226 e. The van der Waals surface area contributed by atoms with Crippen molar-refractivity contribution >= 4 is 11.8 Å². The van der Waals surface area contributed by atoms with Crippen LogP contribution in [-0.4, -0.2) is 38.7 Å². The van der Waals surface area contributed by atoms with Gasteiger partial charge in [0, 0.05) is 18.6 Å². The summed E-state index contributed by atoms with van der Waals surface area (Å²) in [4.78, 5) is 0. The van der Waals surface area contributed by atoms with Gasteiger partial charge in [0.05, 0.1) is 18.9 Å². The molecule has 1 aliphatic carbocycles. The van der Waals surface area contributed by atoms with Crippen LogP contribution < -0.4 is 0 Å². The molecule has 3 aromatic rings. The third kappa shape index (κ3) is 3.74. The van der Waals surface area contributed by atoms with Crippen LogP contribution in [-0.2, 0) is 17.0 Å². The van der Waals surface area contributed by atoms with Crippen LogP contribution in [0.3, 0.4) is 0 Å². The molecule has 7 nitrogen and oxygen atoms in total. The average molecular weight is 357 g/mol. The van der Waals surface area contributed by atoms with Gasteiger partial charge in [0.2, 0.25) is 11.8 Å². The monoisotopic (exact) mass is 357 g/mol. The van der Waals surface area contributed by atoms with Crippen LogP contribution in [0.2, 0.25) is 0 Å². The molecule has 25 heavy (non-hydrogen) atoms. The molecule has 0 aliphatic heterocycles. The summed E-state index contributed by atoms with van der Waals surface area (Å²) in [6.45, 7) is 1.28. The second kappa shape index (κ2) is 7.37. The lowest BCUT2D eigenvalue weighted by molar-refractivity contribution is 0.185. The number of ether oxygens (including phenoxy) is 1. The molecule has 0 amide bonds. The van der Waals surface area contributed by atoms with E-state index in [4.69, 9.17) is 9.15 Å². The molecule has 0 unspecified atom stereocenters. The Labute approximate surface area is 149 Å². The van der Waals surface area contributed by atoms with E-state index in [2.05, 4.69) is 25.0 Å². The van der Waals surface area contributed by atoms with Gasteiger partial charge in [-0.1, -0.05) is 42.1 Å². The Bertz CT molecular complexity index is 829. The van der Waals surface area contributed by atoms with Gasteiger partial charge in [-0.05, 0) is 12.8 Å². The highest BCUT2D eigenvalue weighted by atomic mass is 32.2. The molecule has 0 saturated heterocycles. The van der Waals surface area contributed by atoms with E-state index in [1.54, 1.807) is 18.9 Å². The van der Waals surface area contributed by atoms with Crippen LogP contribution in [0.4, 0.5) is 0 Å². The number of methoxy groups -OCH3 is 1. The molecule has 1 fully saturated rings. The Kier molecular flexibility index (Phi) is 4.80. The van der Waals surface area contributed by atoms with Crippen molar-refractivity contribution in [3.8, 4) is 11.4 Å². The largest absolute Gasteiger partial charge is 0.424 e. The maximum Gasteiger partial charge on any atom is 0.226 e. The van der Waals surface area contributed by atoms with E-state index in [0.717, 1.165) is 35.3 Å². The highest BCUT2D eigenvalue weighted by molar-refractivity contribution is 7.98. The van der Waals surface area contributed by atoms with E-state index >= 15 is 0 Å². The van der Waals surface area contributed by atoms with Crippen molar-refractivity contribution < 1.29 is 9.15 Å². The van der Waals surface area contributed by atoms with E-state index in [0.29, 0.717) is 30.7 Å². The molecule has 0 atom stereocenters. The van der Waals surface area contributed by atoms with Gasteiger partial charge in [0.15, 0.2) is 11.0 Å². The Morgan fingerprint density at radius 3 is 2.76 bits per heavy atom. The maximum absolute atomic E-state index is 5.72. The number of thioether (sulfide) groups is 1. The van der Waals surface area contributed by atoms with Crippen LogP contribution in [0.1, 0.15) is 30.5 Å². The summed E-state index contributed by atoms with van der Waals surface area (Å²) < 4.78 is 13.0. The standard InChI is InChI=1S/C17H19N5O2S/c1-23-10-9-22-15(12-5-3-2-4-6-12)19-21-17(22)25-11-14-18-20-16(24-14)13-7-8-13/h2-6,13H,7-11H2,1H3. The Morgan fingerprint density at radius 1 is 1.16 bits per heavy atom. The lowest BCUT2D eigenvalue weighted by Crippen LogP contribution is -2.07. The number of aromatic nitrogens is 5. The zero-order valence-corrected chi connectivity index (χ0v) is 14.8. The molecule has 0 bridgehead atoms. The van der Waals surface area contributed by atoms with Crippen molar-refractivity contribution in [3.63, 3.8) is 0 Å². The minimum Gasteiger partial charge on any atom is -0.424 e. The van der Waals surface area contributed by atoms with Gasteiger partial charge in [0.25, 0.3) is 0 Å². The third-order valence-electron chi connectivity index (χ3n) is 4.00. The maximum atomic E-state index is 5.72. The first kappa shape index (κ1) is 16.3. The van der Waals surface area contributed by atoms with Gasteiger partial charge >= 0.3 is 0 Å². The molecule has 0 spiro atoms. The molecule has 4 rings (SSSR count). The zero-order valence-electron chi connectivity index (χ0n) is 14.0. The second-order valence-corrected chi connectivity index (χ2v) is 6.86. The van der Waals surface area contributed by atoms with Crippen LogP contribution in [0.15, 0.2) is 39.9 Å². The number of rotatable bonds is 8. The number of benzene rings is 1. The van der Waals surface area contributed by atoms with E-state index in [-0.39, 0.29) is 0 Å². The molecule has 1 aromatic carbocycles. The summed E-state index contributed by atoms with van der Waals surface area (Å²) in [5.74, 6) is 3.29. The van der Waals surface area contributed by atoms with E-state index < -0.39 is 0 Å². The summed E-state index contributed by atoms with van der Waals surface area (Å²) in [5.41, 5.74) is 1.03. The predicted octanol–water partition coefficient (Wildman–Crippen LogP) is 3.14. The fourth-order valence-electron chi connectivity index (χ4n) is 2.53. The minimum atomic E-state index is 0.473. The summed E-state index contributed by atoms with van der Waals surface area (Å²) in [6, 6.07) is 10.0. The number of nitrogens with zero attached hydrogens (tertiary/aromatic N) is 5. The summed E-state index contributed by atoms with van der Waals surface area (Å²) >= 11 is 1.55. The van der Waals surface area contributed by atoms with Gasteiger partial charge in [0.1, 0.15) is 0 Å². The van der Waals surface area contributed by atoms with Crippen molar-refractivity contribution in [2.75, 3.05) is 13.7 Å². The summed E-state index contributed by atoms with van der Waals surface area (Å²) in [5, 5.41) is 17.8. The molecule has 130 valence electrons. The van der Waals surface area contributed by atoms with Gasteiger partial charge in [-0.3, -0.25) is 4.57 Å². The Morgan fingerprint density at radius 2 is 2.00 bits per heavy atom. The van der Waals surface area contributed by atoms with Crippen LogP contribution in [0, 0.1) is 0 Å². The quantitative estimate of drug-likeness (QED) is 0.573. The van der Waals surface area contributed by atoms with Gasteiger partial charge < -0.3 is 9.15 Å². The first-order valence-corrected chi connectivity index (χ1v) is 9.26. The highest BCUT2D eigenvalue weighted by Gasteiger charge is 2.29.